The van der Waals surface area contributed by atoms with Crippen LogP contribution in [0.2, 0.25) is 0 Å². The molecule has 1 unspecified atom stereocenters. The second-order valence-electron chi connectivity index (χ2n) is 5.03. The van der Waals surface area contributed by atoms with Gasteiger partial charge in [0.15, 0.2) is 17.5 Å². The van der Waals surface area contributed by atoms with Crippen molar-refractivity contribution in [3.8, 4) is 0 Å². The number of hydrogen-bond donors (Lipinski definition) is 1. The van der Waals surface area contributed by atoms with E-state index in [4.69, 9.17) is 5.73 Å². The zero-order chi connectivity index (χ0) is 11.5. The molecule has 1 nitrogen and oxygen atoms in total. The minimum Gasteiger partial charge on any atom is -0.327 e. The Labute approximate surface area is 91.4 Å². The van der Waals surface area contributed by atoms with Crippen LogP contribution in [0.4, 0.5) is 13.2 Å². The summed E-state index contributed by atoms with van der Waals surface area (Å²) in [5.41, 5.74) is 6.20. The Balaban J connectivity index is 2.08. The average Bonchev–Trinajstić information content (AvgIpc) is 2.65. The van der Waals surface area contributed by atoms with Crippen LogP contribution in [0, 0.1) is 23.4 Å². The normalized spacial score (nSPS) is 36.2. The smallest absolute Gasteiger partial charge is 0.194 e. The van der Waals surface area contributed by atoms with Crippen LogP contribution in [-0.4, -0.2) is 6.04 Å². The molecule has 4 heteroatoms. The molecular weight excluding hydrogens is 215 g/mol. The maximum Gasteiger partial charge on any atom is 0.194 e. The molecule has 0 heterocycles. The number of hydrogen-bond acceptors (Lipinski definition) is 1. The van der Waals surface area contributed by atoms with Gasteiger partial charge in [-0.2, -0.15) is 0 Å². The van der Waals surface area contributed by atoms with Gasteiger partial charge < -0.3 is 5.73 Å². The quantitative estimate of drug-likeness (QED) is 0.733. The number of halogens is 3. The lowest BCUT2D eigenvalue weighted by Gasteiger charge is -2.41. The molecule has 3 saturated carbocycles. The monoisotopic (exact) mass is 227 g/mol. The SMILES string of the molecule is NC1CC2CC1(c1cc(F)c(F)c(F)c1)C2. The van der Waals surface area contributed by atoms with Gasteiger partial charge in [-0.25, -0.2) is 13.2 Å². The zero-order valence-corrected chi connectivity index (χ0v) is 8.64. The Hall–Kier alpha value is -1.03. The summed E-state index contributed by atoms with van der Waals surface area (Å²) < 4.78 is 39.2. The number of benzene rings is 1. The summed E-state index contributed by atoms with van der Waals surface area (Å²) in [6.07, 6.45) is 2.65. The van der Waals surface area contributed by atoms with Crippen LogP contribution in [0.15, 0.2) is 12.1 Å². The lowest BCUT2D eigenvalue weighted by molar-refractivity contribution is 0.229. The molecule has 2 N–H and O–H groups in total. The predicted molar refractivity (Wildman–Crippen MR) is 53.3 cm³/mol. The van der Waals surface area contributed by atoms with E-state index in [1.807, 2.05) is 0 Å². The summed E-state index contributed by atoms with van der Waals surface area (Å²) in [7, 11) is 0. The summed E-state index contributed by atoms with van der Waals surface area (Å²) >= 11 is 0. The molecule has 3 aliphatic carbocycles. The topological polar surface area (TPSA) is 26.0 Å². The van der Waals surface area contributed by atoms with Crippen LogP contribution in [0.3, 0.4) is 0 Å². The first kappa shape index (κ1) is 10.1. The predicted octanol–water partition coefficient (Wildman–Crippen LogP) is 2.48. The van der Waals surface area contributed by atoms with Crippen molar-refractivity contribution in [3.05, 3.63) is 35.1 Å². The molecule has 0 aliphatic heterocycles. The van der Waals surface area contributed by atoms with Gasteiger partial charge in [-0.05, 0) is 42.9 Å². The fourth-order valence-corrected chi connectivity index (χ4v) is 3.32. The van der Waals surface area contributed by atoms with Crippen LogP contribution >= 0.6 is 0 Å². The molecule has 0 radical (unpaired) electrons. The van der Waals surface area contributed by atoms with Crippen LogP contribution in [0.25, 0.3) is 0 Å². The number of fused-ring (bicyclic) bond motifs is 1. The highest BCUT2D eigenvalue weighted by atomic mass is 19.2. The second-order valence-corrected chi connectivity index (χ2v) is 5.03. The van der Waals surface area contributed by atoms with Gasteiger partial charge in [0.05, 0.1) is 0 Å². The molecule has 86 valence electrons. The fourth-order valence-electron chi connectivity index (χ4n) is 3.32. The summed E-state index contributed by atoms with van der Waals surface area (Å²) in [6, 6.07) is 2.14. The molecule has 16 heavy (non-hydrogen) atoms. The van der Waals surface area contributed by atoms with E-state index < -0.39 is 17.5 Å². The van der Waals surface area contributed by atoms with Crippen molar-refractivity contribution >= 4 is 0 Å². The second kappa shape index (κ2) is 3.00. The molecular formula is C12H12F3N. The first-order valence-corrected chi connectivity index (χ1v) is 5.43. The third kappa shape index (κ3) is 1.11. The number of nitrogens with two attached hydrogens (primary N) is 1. The fraction of sp³-hybridized carbons (Fsp3) is 0.500. The highest BCUT2D eigenvalue weighted by Crippen LogP contribution is 2.59. The Kier molecular flexibility index (Phi) is 1.90. The lowest BCUT2D eigenvalue weighted by Crippen LogP contribution is -2.43. The lowest BCUT2D eigenvalue weighted by atomic mass is 9.64. The van der Waals surface area contributed by atoms with Crippen LogP contribution in [0.1, 0.15) is 24.8 Å². The molecule has 0 amide bonds. The molecule has 4 rings (SSSR count). The third-order valence-corrected chi connectivity index (χ3v) is 4.16. The average molecular weight is 227 g/mol. The van der Waals surface area contributed by atoms with E-state index in [0.717, 1.165) is 31.4 Å². The van der Waals surface area contributed by atoms with Gasteiger partial charge in [0, 0.05) is 11.5 Å². The van der Waals surface area contributed by atoms with Crippen LogP contribution in [0.5, 0.6) is 0 Å². The molecule has 1 aromatic rings. The van der Waals surface area contributed by atoms with Gasteiger partial charge in [-0.15, -0.1) is 0 Å². The van der Waals surface area contributed by atoms with Gasteiger partial charge in [0.1, 0.15) is 0 Å². The summed E-state index contributed by atoms with van der Waals surface area (Å²) in [4.78, 5) is 0. The first-order valence-electron chi connectivity index (χ1n) is 5.43. The zero-order valence-electron chi connectivity index (χ0n) is 8.64. The highest BCUT2D eigenvalue weighted by molar-refractivity contribution is 5.36. The number of rotatable bonds is 1. The van der Waals surface area contributed by atoms with Crippen molar-refractivity contribution < 1.29 is 13.2 Å². The molecule has 1 aromatic carbocycles. The van der Waals surface area contributed by atoms with Crippen molar-refractivity contribution in [3.63, 3.8) is 0 Å². The van der Waals surface area contributed by atoms with Gasteiger partial charge in [-0.3, -0.25) is 0 Å². The Morgan fingerprint density at radius 3 is 2.12 bits per heavy atom. The van der Waals surface area contributed by atoms with E-state index in [-0.39, 0.29) is 11.5 Å². The molecule has 1 atom stereocenters. The van der Waals surface area contributed by atoms with E-state index in [1.165, 1.54) is 0 Å². The van der Waals surface area contributed by atoms with Gasteiger partial charge >= 0.3 is 0 Å². The minimum atomic E-state index is -1.40. The molecule has 0 spiro atoms. The van der Waals surface area contributed by atoms with E-state index >= 15 is 0 Å². The molecule has 3 aliphatic rings. The minimum absolute atomic E-state index is 0.0539. The van der Waals surface area contributed by atoms with Gasteiger partial charge in [0.25, 0.3) is 0 Å². The molecule has 0 aromatic heterocycles. The Morgan fingerprint density at radius 1 is 1.12 bits per heavy atom. The first-order chi connectivity index (χ1) is 7.53. The maximum absolute atomic E-state index is 13.2. The van der Waals surface area contributed by atoms with Crippen molar-refractivity contribution in [2.75, 3.05) is 0 Å². The standard InChI is InChI=1S/C12H12F3N/c13-8-2-7(3-9(14)11(8)15)12-4-6(5-12)1-10(12)16/h2-3,6,10H,1,4-5,16H2. The summed E-state index contributed by atoms with van der Waals surface area (Å²) in [5, 5.41) is 0. The van der Waals surface area contributed by atoms with Crippen LogP contribution in [-0.2, 0) is 5.41 Å². The Bertz CT molecular complexity index is 429. The van der Waals surface area contributed by atoms with Crippen LogP contribution < -0.4 is 5.73 Å². The van der Waals surface area contributed by atoms with E-state index in [0.29, 0.717) is 11.5 Å². The summed E-state index contributed by atoms with van der Waals surface area (Å²) in [5.74, 6) is -3.06. The van der Waals surface area contributed by atoms with Crippen molar-refractivity contribution in [2.45, 2.75) is 30.7 Å². The Morgan fingerprint density at radius 2 is 1.69 bits per heavy atom. The maximum atomic E-state index is 13.2. The largest absolute Gasteiger partial charge is 0.327 e. The van der Waals surface area contributed by atoms with Gasteiger partial charge in [0.2, 0.25) is 0 Å². The third-order valence-electron chi connectivity index (χ3n) is 4.16. The van der Waals surface area contributed by atoms with E-state index in [2.05, 4.69) is 0 Å². The molecule has 2 bridgehead atoms. The summed E-state index contributed by atoms with van der Waals surface area (Å²) in [6.45, 7) is 0. The van der Waals surface area contributed by atoms with E-state index in [9.17, 15) is 13.2 Å². The molecule has 3 fully saturated rings. The van der Waals surface area contributed by atoms with Crippen molar-refractivity contribution in [2.24, 2.45) is 11.7 Å². The highest BCUT2D eigenvalue weighted by Gasteiger charge is 2.56. The van der Waals surface area contributed by atoms with Crippen molar-refractivity contribution in [1.82, 2.24) is 0 Å². The van der Waals surface area contributed by atoms with Crippen molar-refractivity contribution in [1.29, 1.82) is 0 Å². The molecule has 0 saturated heterocycles. The van der Waals surface area contributed by atoms with Gasteiger partial charge in [-0.1, -0.05) is 0 Å². The van der Waals surface area contributed by atoms with E-state index in [1.54, 1.807) is 0 Å².